The molecule has 2 aromatic heterocycles. The fourth-order valence-corrected chi connectivity index (χ4v) is 1.47. The molecule has 2 aromatic rings. The lowest BCUT2D eigenvalue weighted by Gasteiger charge is -2.03. The topological polar surface area (TPSA) is 80.9 Å². The highest BCUT2D eigenvalue weighted by Crippen LogP contribution is 2.21. The highest BCUT2D eigenvalue weighted by molar-refractivity contribution is 5.93. The third-order valence-electron chi connectivity index (χ3n) is 2.36. The number of carbonyl (C=O) groups is 1. The van der Waals surface area contributed by atoms with Crippen LogP contribution in [0.5, 0.6) is 0 Å². The predicted octanol–water partition coefficient (Wildman–Crippen LogP) is 1.62. The molecule has 6 heteroatoms. The fourth-order valence-electron chi connectivity index (χ4n) is 1.47. The van der Waals surface area contributed by atoms with Crippen LogP contribution < -0.4 is 0 Å². The predicted molar refractivity (Wildman–Crippen MR) is 60.6 cm³/mol. The van der Waals surface area contributed by atoms with Gasteiger partial charge in [0.05, 0.1) is 6.20 Å². The second-order valence-electron chi connectivity index (χ2n) is 3.89. The molecule has 0 amide bonds. The van der Waals surface area contributed by atoms with Gasteiger partial charge in [-0.25, -0.2) is 14.8 Å². The third-order valence-corrected chi connectivity index (χ3v) is 2.36. The second-order valence-corrected chi connectivity index (χ2v) is 3.89. The number of aromatic nitrogens is 4. The fraction of sp³-hybridized carbons (Fsp3) is 0.273. The highest BCUT2D eigenvalue weighted by Gasteiger charge is 2.15. The average molecular weight is 232 g/mol. The van der Waals surface area contributed by atoms with Gasteiger partial charge in [-0.1, -0.05) is 0 Å². The van der Waals surface area contributed by atoms with Gasteiger partial charge in [-0.15, -0.1) is 0 Å². The van der Waals surface area contributed by atoms with E-state index in [2.05, 4.69) is 15.1 Å². The standard InChI is InChI=1S/C11H12N4O2/c1-7(2)15-5-8(3-14-15)9-4-12-6-13-10(9)11(16)17/h3-7H,1-2H3,(H,16,17). The number of carboxylic acids is 1. The maximum absolute atomic E-state index is 11.0. The Balaban J connectivity index is 2.49. The van der Waals surface area contributed by atoms with Crippen LogP contribution in [0.4, 0.5) is 0 Å². The molecular weight excluding hydrogens is 220 g/mol. The Bertz CT molecular complexity index is 548. The van der Waals surface area contributed by atoms with Crippen LogP contribution in [0.1, 0.15) is 30.4 Å². The largest absolute Gasteiger partial charge is 0.476 e. The van der Waals surface area contributed by atoms with E-state index in [1.807, 2.05) is 13.8 Å². The minimum Gasteiger partial charge on any atom is -0.476 e. The summed E-state index contributed by atoms with van der Waals surface area (Å²) in [5, 5.41) is 13.2. The van der Waals surface area contributed by atoms with Crippen molar-refractivity contribution in [2.75, 3.05) is 0 Å². The molecule has 6 nitrogen and oxygen atoms in total. The van der Waals surface area contributed by atoms with Gasteiger partial charge in [-0.05, 0) is 13.8 Å². The molecule has 0 bridgehead atoms. The summed E-state index contributed by atoms with van der Waals surface area (Å²) in [7, 11) is 0. The van der Waals surface area contributed by atoms with Crippen molar-refractivity contribution < 1.29 is 9.90 Å². The summed E-state index contributed by atoms with van der Waals surface area (Å²) in [6.07, 6.45) is 6.11. The minimum absolute atomic E-state index is 0.0108. The maximum Gasteiger partial charge on any atom is 0.355 e. The lowest BCUT2D eigenvalue weighted by Crippen LogP contribution is -2.03. The average Bonchev–Trinajstić information content (AvgIpc) is 2.78. The molecular formula is C11H12N4O2. The summed E-state index contributed by atoms with van der Waals surface area (Å²) >= 11 is 0. The number of rotatable bonds is 3. The van der Waals surface area contributed by atoms with Crippen LogP contribution in [0, 0.1) is 0 Å². The molecule has 0 atom stereocenters. The number of aromatic carboxylic acids is 1. The van der Waals surface area contributed by atoms with Gasteiger partial charge in [0.1, 0.15) is 6.33 Å². The molecule has 17 heavy (non-hydrogen) atoms. The zero-order valence-electron chi connectivity index (χ0n) is 9.53. The first-order valence-corrected chi connectivity index (χ1v) is 5.17. The van der Waals surface area contributed by atoms with Gasteiger partial charge < -0.3 is 5.11 Å². The van der Waals surface area contributed by atoms with Crippen molar-refractivity contribution in [1.29, 1.82) is 0 Å². The molecule has 1 N–H and O–H groups in total. The molecule has 2 heterocycles. The van der Waals surface area contributed by atoms with Crippen molar-refractivity contribution in [1.82, 2.24) is 19.7 Å². The Kier molecular flexibility index (Phi) is 2.86. The van der Waals surface area contributed by atoms with E-state index in [-0.39, 0.29) is 11.7 Å². The monoisotopic (exact) mass is 232 g/mol. The number of carboxylic acid groups (broad SMARTS) is 1. The van der Waals surface area contributed by atoms with Crippen molar-refractivity contribution in [2.24, 2.45) is 0 Å². The Hall–Kier alpha value is -2.24. The molecule has 88 valence electrons. The van der Waals surface area contributed by atoms with Gasteiger partial charge >= 0.3 is 5.97 Å². The van der Waals surface area contributed by atoms with Gasteiger partial charge in [0.15, 0.2) is 5.69 Å². The van der Waals surface area contributed by atoms with Crippen LogP contribution in [0.3, 0.4) is 0 Å². The van der Waals surface area contributed by atoms with Gasteiger partial charge in [0, 0.05) is 29.6 Å². The SMILES string of the molecule is CC(C)n1cc(-c2cncnc2C(=O)O)cn1. The number of hydrogen-bond donors (Lipinski definition) is 1. The zero-order chi connectivity index (χ0) is 12.4. The molecule has 0 saturated heterocycles. The van der Waals surface area contributed by atoms with Crippen LogP contribution >= 0.6 is 0 Å². The van der Waals surface area contributed by atoms with Crippen molar-refractivity contribution in [3.05, 3.63) is 30.6 Å². The molecule has 0 fully saturated rings. The molecule has 0 spiro atoms. The number of hydrogen-bond acceptors (Lipinski definition) is 4. The molecule has 0 radical (unpaired) electrons. The van der Waals surface area contributed by atoms with E-state index in [0.29, 0.717) is 11.1 Å². The van der Waals surface area contributed by atoms with E-state index in [9.17, 15) is 4.79 Å². The van der Waals surface area contributed by atoms with Crippen LogP contribution in [0.15, 0.2) is 24.9 Å². The van der Waals surface area contributed by atoms with Crippen molar-refractivity contribution in [2.45, 2.75) is 19.9 Å². The molecule has 0 saturated carbocycles. The van der Waals surface area contributed by atoms with Gasteiger partial charge in [-0.2, -0.15) is 5.10 Å². The zero-order valence-corrected chi connectivity index (χ0v) is 9.53. The summed E-state index contributed by atoms with van der Waals surface area (Å²) in [5.74, 6) is -1.07. The van der Waals surface area contributed by atoms with E-state index in [0.717, 1.165) is 0 Å². The van der Waals surface area contributed by atoms with E-state index in [4.69, 9.17) is 5.11 Å². The first kappa shape index (κ1) is 11.3. The normalized spacial score (nSPS) is 10.8. The summed E-state index contributed by atoms with van der Waals surface area (Å²) in [4.78, 5) is 18.6. The Morgan fingerprint density at radius 1 is 1.41 bits per heavy atom. The van der Waals surface area contributed by atoms with Crippen LogP contribution in [0.2, 0.25) is 0 Å². The molecule has 0 aromatic carbocycles. The lowest BCUT2D eigenvalue weighted by atomic mass is 10.1. The van der Waals surface area contributed by atoms with Crippen molar-refractivity contribution >= 4 is 5.97 Å². The van der Waals surface area contributed by atoms with Crippen molar-refractivity contribution in [3.63, 3.8) is 0 Å². The Morgan fingerprint density at radius 3 is 2.76 bits per heavy atom. The first-order chi connectivity index (χ1) is 8.09. The molecule has 0 aliphatic heterocycles. The third kappa shape index (κ3) is 2.15. The second kappa shape index (κ2) is 4.32. The van der Waals surface area contributed by atoms with Gasteiger partial charge in [-0.3, -0.25) is 4.68 Å². The summed E-state index contributed by atoms with van der Waals surface area (Å²) in [6, 6.07) is 0.224. The number of nitrogens with zero attached hydrogens (tertiary/aromatic N) is 4. The van der Waals surface area contributed by atoms with E-state index in [1.165, 1.54) is 12.5 Å². The lowest BCUT2D eigenvalue weighted by molar-refractivity contribution is 0.0691. The molecule has 0 unspecified atom stereocenters. The van der Waals surface area contributed by atoms with E-state index < -0.39 is 5.97 Å². The summed E-state index contributed by atoms with van der Waals surface area (Å²) in [5.41, 5.74) is 1.17. The Morgan fingerprint density at radius 2 is 2.18 bits per heavy atom. The van der Waals surface area contributed by atoms with Crippen LogP contribution in [0.25, 0.3) is 11.1 Å². The van der Waals surface area contributed by atoms with Gasteiger partial charge in [0.2, 0.25) is 0 Å². The molecule has 0 aliphatic carbocycles. The molecule has 2 rings (SSSR count). The summed E-state index contributed by atoms with van der Waals surface area (Å²) in [6.45, 7) is 3.99. The van der Waals surface area contributed by atoms with E-state index >= 15 is 0 Å². The van der Waals surface area contributed by atoms with E-state index in [1.54, 1.807) is 17.1 Å². The smallest absolute Gasteiger partial charge is 0.355 e. The van der Waals surface area contributed by atoms with Gasteiger partial charge in [0.25, 0.3) is 0 Å². The van der Waals surface area contributed by atoms with Crippen LogP contribution in [-0.4, -0.2) is 30.8 Å². The molecule has 0 aliphatic rings. The first-order valence-electron chi connectivity index (χ1n) is 5.17. The van der Waals surface area contributed by atoms with Crippen molar-refractivity contribution in [3.8, 4) is 11.1 Å². The maximum atomic E-state index is 11.0. The quantitative estimate of drug-likeness (QED) is 0.869. The van der Waals surface area contributed by atoms with Crippen LogP contribution in [-0.2, 0) is 0 Å². The summed E-state index contributed by atoms with van der Waals surface area (Å²) < 4.78 is 1.76. The Labute approximate surface area is 98.0 Å². The minimum atomic E-state index is -1.07. The highest BCUT2D eigenvalue weighted by atomic mass is 16.4.